The minimum atomic E-state index is 0.132. The molecule has 0 saturated heterocycles. The van der Waals surface area contributed by atoms with Gasteiger partial charge in [0.15, 0.2) is 0 Å². The van der Waals surface area contributed by atoms with Gasteiger partial charge in [-0.15, -0.1) is 11.3 Å². The Bertz CT molecular complexity index is 766. The molecule has 1 aromatic carbocycles. The Morgan fingerprint density at radius 1 is 1.24 bits per heavy atom. The first kappa shape index (κ1) is 14.7. The van der Waals surface area contributed by atoms with E-state index < -0.39 is 0 Å². The number of halogens is 1. The van der Waals surface area contributed by atoms with Crippen molar-refractivity contribution in [1.82, 2.24) is 10.3 Å². The highest BCUT2D eigenvalue weighted by Crippen LogP contribution is 2.33. The van der Waals surface area contributed by atoms with Gasteiger partial charge in [0.05, 0.1) is 17.3 Å². The van der Waals surface area contributed by atoms with Crippen LogP contribution < -0.4 is 5.32 Å². The molecule has 108 valence electrons. The van der Waals surface area contributed by atoms with Gasteiger partial charge in [0.25, 0.3) is 0 Å². The number of thiophene rings is 1. The summed E-state index contributed by atoms with van der Waals surface area (Å²) in [6, 6.07) is 14.9. The fraction of sp³-hybridized carbons (Fsp3) is 0.235. The van der Waals surface area contributed by atoms with Crippen LogP contribution in [0, 0.1) is 6.92 Å². The minimum absolute atomic E-state index is 0.132. The highest BCUT2D eigenvalue weighted by Gasteiger charge is 2.19. The van der Waals surface area contributed by atoms with E-state index in [9.17, 15) is 0 Å². The zero-order valence-corrected chi connectivity index (χ0v) is 14.5. The van der Waals surface area contributed by atoms with Gasteiger partial charge in [0.2, 0.25) is 0 Å². The molecule has 2 nitrogen and oxygen atoms in total. The van der Waals surface area contributed by atoms with Gasteiger partial charge >= 0.3 is 0 Å². The summed E-state index contributed by atoms with van der Waals surface area (Å²) in [4.78, 5) is 7.50. The van der Waals surface area contributed by atoms with Crippen molar-refractivity contribution in [3.05, 3.63) is 62.4 Å². The minimum Gasteiger partial charge on any atom is -0.305 e. The van der Waals surface area contributed by atoms with Gasteiger partial charge in [-0.05, 0) is 53.7 Å². The van der Waals surface area contributed by atoms with Gasteiger partial charge < -0.3 is 5.32 Å². The Labute approximate surface area is 137 Å². The van der Waals surface area contributed by atoms with Gasteiger partial charge in [0.1, 0.15) is 0 Å². The topological polar surface area (TPSA) is 24.9 Å². The zero-order chi connectivity index (χ0) is 14.8. The van der Waals surface area contributed by atoms with E-state index in [1.165, 1.54) is 9.75 Å². The van der Waals surface area contributed by atoms with Crippen LogP contribution in [0.5, 0.6) is 0 Å². The normalized spacial score (nSPS) is 12.7. The van der Waals surface area contributed by atoms with Crippen molar-refractivity contribution < 1.29 is 0 Å². The molecule has 0 spiro atoms. The Morgan fingerprint density at radius 2 is 2.05 bits per heavy atom. The number of benzene rings is 1. The van der Waals surface area contributed by atoms with E-state index >= 15 is 0 Å². The molecule has 0 amide bonds. The standard InChI is InChI=1S/C17H17BrN2S/c1-3-19-17(15-9-8-11(2)21-15)16-13(18)10-12-6-4-5-7-14(12)20-16/h4-10,17,19H,3H2,1-2H3. The summed E-state index contributed by atoms with van der Waals surface area (Å²) in [5.74, 6) is 0. The van der Waals surface area contributed by atoms with Crippen LogP contribution in [0.4, 0.5) is 0 Å². The first-order valence-corrected chi connectivity index (χ1v) is 8.65. The van der Waals surface area contributed by atoms with Crippen LogP contribution in [0.25, 0.3) is 10.9 Å². The molecular weight excluding hydrogens is 344 g/mol. The zero-order valence-electron chi connectivity index (χ0n) is 12.1. The van der Waals surface area contributed by atoms with Gasteiger partial charge in [-0.2, -0.15) is 0 Å². The van der Waals surface area contributed by atoms with E-state index in [-0.39, 0.29) is 6.04 Å². The van der Waals surface area contributed by atoms with Crippen molar-refractivity contribution in [1.29, 1.82) is 0 Å². The maximum atomic E-state index is 4.88. The number of fused-ring (bicyclic) bond motifs is 1. The Morgan fingerprint density at radius 3 is 2.76 bits per heavy atom. The number of hydrogen-bond donors (Lipinski definition) is 1. The molecule has 0 saturated carbocycles. The van der Waals surface area contributed by atoms with Crippen molar-refractivity contribution >= 4 is 38.2 Å². The molecule has 1 atom stereocenters. The average molecular weight is 361 g/mol. The molecule has 0 aliphatic carbocycles. The number of hydrogen-bond acceptors (Lipinski definition) is 3. The highest BCUT2D eigenvalue weighted by atomic mass is 79.9. The molecular formula is C17H17BrN2S. The lowest BCUT2D eigenvalue weighted by Gasteiger charge is -2.18. The number of aryl methyl sites for hydroxylation is 1. The molecule has 2 heterocycles. The number of nitrogens with zero attached hydrogens (tertiary/aromatic N) is 1. The molecule has 2 aromatic heterocycles. The summed E-state index contributed by atoms with van der Waals surface area (Å²) in [5, 5.41) is 4.71. The summed E-state index contributed by atoms with van der Waals surface area (Å²) in [6.45, 7) is 5.17. The van der Waals surface area contributed by atoms with E-state index in [1.807, 2.05) is 23.5 Å². The van der Waals surface area contributed by atoms with Crippen LogP contribution in [0.1, 0.15) is 28.4 Å². The van der Waals surface area contributed by atoms with Crippen molar-refractivity contribution in [3.63, 3.8) is 0 Å². The number of pyridine rings is 1. The Hall–Kier alpha value is -1.23. The lowest BCUT2D eigenvalue weighted by molar-refractivity contribution is 0.624. The van der Waals surface area contributed by atoms with Gasteiger partial charge in [-0.3, -0.25) is 0 Å². The smallest absolute Gasteiger partial charge is 0.0856 e. The fourth-order valence-electron chi connectivity index (χ4n) is 2.45. The maximum Gasteiger partial charge on any atom is 0.0856 e. The third kappa shape index (κ3) is 3.03. The summed E-state index contributed by atoms with van der Waals surface area (Å²) < 4.78 is 1.05. The van der Waals surface area contributed by atoms with Crippen LogP contribution in [0.15, 0.2) is 46.9 Å². The van der Waals surface area contributed by atoms with Crippen molar-refractivity contribution in [2.24, 2.45) is 0 Å². The number of para-hydroxylation sites is 1. The Balaban J connectivity index is 2.12. The van der Waals surface area contributed by atoms with Crippen LogP contribution in [0.3, 0.4) is 0 Å². The third-order valence-electron chi connectivity index (χ3n) is 3.43. The molecule has 0 fully saturated rings. The van der Waals surface area contributed by atoms with Crippen molar-refractivity contribution in [2.75, 3.05) is 6.54 Å². The number of nitrogens with one attached hydrogen (secondary N) is 1. The maximum absolute atomic E-state index is 4.88. The molecule has 0 aliphatic heterocycles. The highest BCUT2D eigenvalue weighted by molar-refractivity contribution is 9.10. The van der Waals surface area contributed by atoms with E-state index in [2.05, 4.69) is 65.4 Å². The number of aromatic nitrogens is 1. The first-order valence-electron chi connectivity index (χ1n) is 7.04. The van der Waals surface area contributed by atoms with Crippen LogP contribution in [-0.2, 0) is 0 Å². The van der Waals surface area contributed by atoms with Crippen molar-refractivity contribution in [2.45, 2.75) is 19.9 Å². The fourth-order valence-corrected chi connectivity index (χ4v) is 3.97. The molecule has 0 aliphatic rings. The molecule has 1 N–H and O–H groups in total. The summed E-state index contributed by atoms with van der Waals surface area (Å²) in [6.07, 6.45) is 0. The van der Waals surface area contributed by atoms with E-state index in [0.29, 0.717) is 0 Å². The molecule has 21 heavy (non-hydrogen) atoms. The summed E-state index contributed by atoms with van der Waals surface area (Å²) in [7, 11) is 0. The Kier molecular flexibility index (Phi) is 4.38. The monoisotopic (exact) mass is 360 g/mol. The van der Waals surface area contributed by atoms with E-state index in [0.717, 1.165) is 27.6 Å². The second-order valence-electron chi connectivity index (χ2n) is 4.99. The van der Waals surface area contributed by atoms with Gasteiger partial charge in [-0.1, -0.05) is 25.1 Å². The van der Waals surface area contributed by atoms with Gasteiger partial charge in [0, 0.05) is 19.6 Å². The van der Waals surface area contributed by atoms with E-state index in [4.69, 9.17) is 4.98 Å². The quantitative estimate of drug-likeness (QED) is 0.702. The predicted molar refractivity (Wildman–Crippen MR) is 94.0 cm³/mol. The van der Waals surface area contributed by atoms with Crippen LogP contribution >= 0.6 is 27.3 Å². The van der Waals surface area contributed by atoms with Crippen molar-refractivity contribution in [3.8, 4) is 0 Å². The molecule has 1 unspecified atom stereocenters. The molecule has 3 rings (SSSR count). The first-order chi connectivity index (χ1) is 10.2. The second-order valence-corrected chi connectivity index (χ2v) is 7.16. The lowest BCUT2D eigenvalue weighted by atomic mass is 10.1. The summed E-state index contributed by atoms with van der Waals surface area (Å²) in [5.41, 5.74) is 2.09. The van der Waals surface area contributed by atoms with Crippen LogP contribution in [-0.4, -0.2) is 11.5 Å². The third-order valence-corrected chi connectivity index (χ3v) is 5.13. The largest absolute Gasteiger partial charge is 0.305 e. The predicted octanol–water partition coefficient (Wildman–Crippen LogP) is 5.07. The van der Waals surface area contributed by atoms with E-state index in [1.54, 1.807) is 0 Å². The number of rotatable bonds is 4. The molecule has 0 radical (unpaired) electrons. The van der Waals surface area contributed by atoms with Crippen LogP contribution in [0.2, 0.25) is 0 Å². The lowest BCUT2D eigenvalue weighted by Crippen LogP contribution is -2.22. The average Bonchev–Trinajstić information content (AvgIpc) is 2.91. The molecule has 0 bridgehead atoms. The SMILES string of the molecule is CCNC(c1ccc(C)s1)c1nc2ccccc2cc1Br. The molecule has 3 aromatic rings. The second kappa shape index (κ2) is 6.26. The van der Waals surface area contributed by atoms with Gasteiger partial charge in [-0.25, -0.2) is 4.98 Å². The molecule has 4 heteroatoms. The summed E-state index contributed by atoms with van der Waals surface area (Å²) >= 11 is 5.52.